The summed E-state index contributed by atoms with van der Waals surface area (Å²) in [5, 5.41) is 2.92. The van der Waals surface area contributed by atoms with Crippen LogP contribution in [0.1, 0.15) is 32.3 Å². The second-order valence-electron chi connectivity index (χ2n) is 5.79. The summed E-state index contributed by atoms with van der Waals surface area (Å²) >= 11 is 3.37. The van der Waals surface area contributed by atoms with E-state index in [1.807, 2.05) is 31.2 Å². The van der Waals surface area contributed by atoms with Gasteiger partial charge in [0.1, 0.15) is 5.54 Å². The predicted octanol–water partition coefficient (Wildman–Crippen LogP) is 2.73. The first-order chi connectivity index (χ1) is 9.33. The van der Waals surface area contributed by atoms with Crippen molar-refractivity contribution in [2.75, 3.05) is 13.2 Å². The topological polar surface area (TPSA) is 64.4 Å². The molecule has 118 valence electrons. The van der Waals surface area contributed by atoms with Gasteiger partial charge in [0.15, 0.2) is 0 Å². The smallest absolute Gasteiger partial charge is 0.244 e. The van der Waals surface area contributed by atoms with E-state index >= 15 is 0 Å². The van der Waals surface area contributed by atoms with E-state index in [0.29, 0.717) is 6.54 Å². The molecular formula is C15H22BrClN2O2. The first-order valence-corrected chi connectivity index (χ1v) is 7.60. The minimum atomic E-state index is -1.05. The third kappa shape index (κ3) is 4.42. The Morgan fingerprint density at radius 1 is 1.48 bits per heavy atom. The van der Waals surface area contributed by atoms with Gasteiger partial charge in [-0.25, -0.2) is 0 Å². The molecule has 1 saturated heterocycles. The third-order valence-corrected chi connectivity index (χ3v) is 4.37. The molecule has 1 aliphatic heterocycles. The number of carbonyl (C=O) groups excluding carboxylic acids is 1. The highest BCUT2D eigenvalue weighted by atomic mass is 79.9. The van der Waals surface area contributed by atoms with Crippen LogP contribution < -0.4 is 11.1 Å². The molecule has 4 nitrogen and oxygen atoms in total. The zero-order valence-electron chi connectivity index (χ0n) is 12.3. The van der Waals surface area contributed by atoms with Gasteiger partial charge in [-0.05, 0) is 44.4 Å². The molecule has 21 heavy (non-hydrogen) atoms. The van der Waals surface area contributed by atoms with Crippen LogP contribution in [0.15, 0.2) is 28.7 Å². The first-order valence-electron chi connectivity index (χ1n) is 6.81. The lowest BCUT2D eigenvalue weighted by atomic mass is 9.92. The van der Waals surface area contributed by atoms with Gasteiger partial charge in [-0.3, -0.25) is 4.79 Å². The van der Waals surface area contributed by atoms with E-state index in [1.165, 1.54) is 0 Å². The fourth-order valence-electron chi connectivity index (χ4n) is 2.35. The standard InChI is InChI=1S/C15H21BrN2O2.ClH/c1-14(8-3-9-20-14)10-18-13(19)15(2,17)11-4-6-12(16)7-5-11;/h4-7H,3,8-10,17H2,1-2H3,(H,18,19);1H. The Bertz CT molecular complexity index is 485. The van der Waals surface area contributed by atoms with Crippen molar-refractivity contribution in [3.05, 3.63) is 34.3 Å². The largest absolute Gasteiger partial charge is 0.373 e. The van der Waals surface area contributed by atoms with Crippen LogP contribution in [0.25, 0.3) is 0 Å². The summed E-state index contributed by atoms with van der Waals surface area (Å²) in [5.41, 5.74) is 5.67. The van der Waals surface area contributed by atoms with Crippen LogP contribution in [0.4, 0.5) is 0 Å². The van der Waals surface area contributed by atoms with E-state index in [4.69, 9.17) is 10.5 Å². The van der Waals surface area contributed by atoms with Crippen molar-refractivity contribution < 1.29 is 9.53 Å². The molecule has 1 amide bonds. The van der Waals surface area contributed by atoms with Crippen molar-refractivity contribution >= 4 is 34.2 Å². The van der Waals surface area contributed by atoms with Gasteiger partial charge in [0.25, 0.3) is 0 Å². The summed E-state index contributed by atoms with van der Waals surface area (Å²) < 4.78 is 6.63. The van der Waals surface area contributed by atoms with Crippen LogP contribution >= 0.6 is 28.3 Å². The van der Waals surface area contributed by atoms with Gasteiger partial charge < -0.3 is 15.8 Å². The molecule has 1 aliphatic rings. The fourth-order valence-corrected chi connectivity index (χ4v) is 2.62. The number of nitrogens with one attached hydrogen (secondary N) is 1. The second-order valence-corrected chi connectivity index (χ2v) is 6.71. The number of hydrogen-bond acceptors (Lipinski definition) is 3. The maximum atomic E-state index is 12.3. The number of halogens is 2. The predicted molar refractivity (Wildman–Crippen MR) is 89.5 cm³/mol. The van der Waals surface area contributed by atoms with Gasteiger partial charge in [-0.1, -0.05) is 28.1 Å². The molecule has 1 fully saturated rings. The van der Waals surface area contributed by atoms with Crippen molar-refractivity contribution in [3.8, 4) is 0 Å². The average molecular weight is 378 g/mol. The molecule has 0 spiro atoms. The average Bonchev–Trinajstić information content (AvgIpc) is 2.84. The van der Waals surface area contributed by atoms with Gasteiger partial charge in [-0.2, -0.15) is 0 Å². The molecule has 2 rings (SSSR count). The number of nitrogens with two attached hydrogens (primary N) is 1. The fraction of sp³-hybridized carbons (Fsp3) is 0.533. The number of ether oxygens (including phenoxy) is 1. The number of amides is 1. The van der Waals surface area contributed by atoms with Crippen molar-refractivity contribution in [2.45, 2.75) is 37.8 Å². The zero-order chi connectivity index (χ0) is 14.8. The summed E-state index contributed by atoms with van der Waals surface area (Å²) in [6, 6.07) is 7.49. The quantitative estimate of drug-likeness (QED) is 0.848. The van der Waals surface area contributed by atoms with Gasteiger partial charge >= 0.3 is 0 Å². The van der Waals surface area contributed by atoms with E-state index in [9.17, 15) is 4.79 Å². The molecule has 2 unspecified atom stereocenters. The molecule has 0 bridgehead atoms. The Morgan fingerprint density at radius 2 is 2.10 bits per heavy atom. The molecule has 3 N–H and O–H groups in total. The molecule has 6 heteroatoms. The van der Waals surface area contributed by atoms with Crippen molar-refractivity contribution in [2.24, 2.45) is 5.73 Å². The molecule has 0 radical (unpaired) electrons. The maximum Gasteiger partial charge on any atom is 0.244 e. The Hall–Kier alpha value is -0.620. The van der Waals surface area contributed by atoms with Gasteiger partial charge in [-0.15, -0.1) is 12.4 Å². The summed E-state index contributed by atoms with van der Waals surface area (Å²) in [5.74, 6) is -0.184. The molecule has 1 heterocycles. The Labute approximate surface area is 140 Å². The van der Waals surface area contributed by atoms with Crippen LogP contribution in [-0.4, -0.2) is 24.7 Å². The lowest BCUT2D eigenvalue weighted by Crippen LogP contribution is -2.52. The van der Waals surface area contributed by atoms with E-state index in [1.54, 1.807) is 6.92 Å². The van der Waals surface area contributed by atoms with Crippen molar-refractivity contribution in [1.29, 1.82) is 0 Å². The Morgan fingerprint density at radius 3 is 2.62 bits per heavy atom. The van der Waals surface area contributed by atoms with Crippen LogP contribution in [0.5, 0.6) is 0 Å². The summed E-state index contributed by atoms with van der Waals surface area (Å²) in [4.78, 5) is 12.3. The highest BCUT2D eigenvalue weighted by Crippen LogP contribution is 2.25. The lowest BCUT2D eigenvalue weighted by Gasteiger charge is -2.28. The van der Waals surface area contributed by atoms with E-state index in [2.05, 4.69) is 21.2 Å². The molecule has 1 aromatic carbocycles. The Kier molecular flexibility index (Phi) is 6.23. The third-order valence-electron chi connectivity index (χ3n) is 3.84. The molecular weight excluding hydrogens is 356 g/mol. The second kappa shape index (κ2) is 7.09. The first kappa shape index (κ1) is 18.4. The zero-order valence-corrected chi connectivity index (χ0v) is 14.7. The highest BCUT2D eigenvalue weighted by molar-refractivity contribution is 9.10. The van der Waals surface area contributed by atoms with Gasteiger partial charge in [0.2, 0.25) is 5.91 Å². The summed E-state index contributed by atoms with van der Waals surface area (Å²) in [7, 11) is 0. The number of hydrogen-bond donors (Lipinski definition) is 2. The van der Waals surface area contributed by atoms with E-state index in [-0.39, 0.29) is 23.9 Å². The van der Waals surface area contributed by atoms with Gasteiger partial charge in [0, 0.05) is 17.6 Å². The normalized spacial score (nSPS) is 24.0. The van der Waals surface area contributed by atoms with Crippen LogP contribution in [0.3, 0.4) is 0 Å². The minimum Gasteiger partial charge on any atom is -0.373 e. The molecule has 0 saturated carbocycles. The van der Waals surface area contributed by atoms with Crippen molar-refractivity contribution in [1.82, 2.24) is 5.32 Å². The number of rotatable bonds is 4. The minimum absolute atomic E-state index is 0. The molecule has 1 aromatic rings. The van der Waals surface area contributed by atoms with E-state index < -0.39 is 5.54 Å². The lowest BCUT2D eigenvalue weighted by molar-refractivity contribution is -0.127. The number of carbonyl (C=O) groups is 1. The van der Waals surface area contributed by atoms with Crippen LogP contribution in [0.2, 0.25) is 0 Å². The van der Waals surface area contributed by atoms with Gasteiger partial charge in [0.05, 0.1) is 5.60 Å². The maximum absolute atomic E-state index is 12.3. The summed E-state index contributed by atoms with van der Waals surface area (Å²) in [6.07, 6.45) is 2.01. The van der Waals surface area contributed by atoms with Crippen LogP contribution in [0, 0.1) is 0 Å². The monoisotopic (exact) mass is 376 g/mol. The SMILES string of the molecule is CC1(CNC(=O)C(C)(N)c2ccc(Br)cc2)CCCO1.Cl. The summed E-state index contributed by atoms with van der Waals surface area (Å²) in [6.45, 7) is 5.01. The molecule has 0 aromatic heterocycles. The highest BCUT2D eigenvalue weighted by Gasteiger charge is 2.34. The Balaban J connectivity index is 0.00000220. The number of benzene rings is 1. The van der Waals surface area contributed by atoms with Crippen LogP contribution in [-0.2, 0) is 15.1 Å². The molecule has 2 atom stereocenters. The van der Waals surface area contributed by atoms with E-state index in [0.717, 1.165) is 29.5 Å². The van der Waals surface area contributed by atoms with Crippen molar-refractivity contribution in [3.63, 3.8) is 0 Å². The molecule has 0 aliphatic carbocycles.